The maximum atomic E-state index is 6.09. The third-order valence-corrected chi connectivity index (χ3v) is 9.61. The summed E-state index contributed by atoms with van der Waals surface area (Å²) in [5.41, 5.74) is 13.5. The van der Waals surface area contributed by atoms with Gasteiger partial charge in [0.25, 0.3) is 0 Å². The van der Waals surface area contributed by atoms with Crippen molar-refractivity contribution >= 4 is 49.9 Å². The Hall–Kier alpha value is -6.13. The average molecular weight is 604 g/mol. The lowest BCUT2D eigenvalue weighted by atomic mass is 10.0. The molecule has 0 radical (unpaired) electrons. The summed E-state index contributed by atoms with van der Waals surface area (Å²) < 4.78 is 11.0. The van der Waals surface area contributed by atoms with E-state index in [9.17, 15) is 0 Å². The lowest BCUT2D eigenvalue weighted by Gasteiger charge is -2.18. The van der Waals surface area contributed by atoms with Gasteiger partial charge in [0.05, 0.1) is 16.6 Å². The maximum absolute atomic E-state index is 6.09. The second-order valence-corrected chi connectivity index (χ2v) is 12.3. The molecule has 0 bridgehead atoms. The van der Waals surface area contributed by atoms with Crippen LogP contribution in [0.25, 0.3) is 83.8 Å². The first kappa shape index (κ1) is 26.1. The van der Waals surface area contributed by atoms with Crippen LogP contribution < -0.4 is 0 Å². The highest BCUT2D eigenvalue weighted by Gasteiger charge is 2.20. The van der Waals surface area contributed by atoms with Gasteiger partial charge < -0.3 is 13.6 Å². The van der Waals surface area contributed by atoms with Gasteiger partial charge in [-0.3, -0.25) is 0 Å². The molecule has 0 amide bonds. The molecular formula is C43H29N3O. The van der Waals surface area contributed by atoms with Crippen LogP contribution in [-0.4, -0.2) is 14.1 Å². The van der Waals surface area contributed by atoms with Crippen molar-refractivity contribution in [1.82, 2.24) is 14.1 Å². The molecule has 47 heavy (non-hydrogen) atoms. The SMILES string of the molecule is C1=Cc2c(n(-c3cc(-c4ccc(-c5nc6ccccc6o5)cc4)cc(-n4c5ccccc5c5ccccc54)c3)c3ccccc23)CC1. The fourth-order valence-electron chi connectivity index (χ4n) is 7.49. The van der Waals surface area contributed by atoms with Crippen LogP contribution in [0.4, 0.5) is 0 Å². The number of oxazole rings is 1. The third-order valence-electron chi connectivity index (χ3n) is 9.61. The minimum absolute atomic E-state index is 0.635. The molecule has 222 valence electrons. The molecule has 0 spiro atoms. The highest BCUT2D eigenvalue weighted by Crippen LogP contribution is 2.38. The monoisotopic (exact) mass is 603 g/mol. The van der Waals surface area contributed by atoms with Crippen LogP contribution >= 0.6 is 0 Å². The van der Waals surface area contributed by atoms with Gasteiger partial charge in [-0.05, 0) is 84.6 Å². The number of hydrogen-bond acceptors (Lipinski definition) is 2. The van der Waals surface area contributed by atoms with Gasteiger partial charge in [0.1, 0.15) is 5.52 Å². The van der Waals surface area contributed by atoms with Crippen LogP contribution in [0, 0.1) is 0 Å². The number of aromatic nitrogens is 3. The first-order valence-corrected chi connectivity index (χ1v) is 16.2. The summed E-state index contributed by atoms with van der Waals surface area (Å²) in [6.45, 7) is 0. The fourth-order valence-corrected chi connectivity index (χ4v) is 7.49. The molecule has 0 aliphatic heterocycles. The van der Waals surface area contributed by atoms with E-state index in [1.54, 1.807) is 0 Å². The van der Waals surface area contributed by atoms with E-state index in [0.717, 1.165) is 52.0 Å². The normalized spacial score (nSPS) is 12.9. The van der Waals surface area contributed by atoms with Crippen molar-refractivity contribution in [3.8, 4) is 34.0 Å². The molecule has 0 unspecified atom stereocenters. The molecule has 6 aromatic carbocycles. The molecule has 4 heteroatoms. The number of allylic oxidation sites excluding steroid dienone is 1. The Bertz CT molecular complexity index is 2600. The van der Waals surface area contributed by atoms with E-state index in [1.165, 1.54) is 44.0 Å². The molecule has 0 N–H and O–H groups in total. The number of rotatable bonds is 4. The van der Waals surface area contributed by atoms with Gasteiger partial charge >= 0.3 is 0 Å². The molecule has 0 fully saturated rings. The summed E-state index contributed by atoms with van der Waals surface area (Å²) in [5.74, 6) is 0.635. The van der Waals surface area contributed by atoms with E-state index >= 15 is 0 Å². The Labute approximate surface area is 271 Å². The quantitative estimate of drug-likeness (QED) is 0.201. The minimum Gasteiger partial charge on any atom is -0.436 e. The van der Waals surface area contributed by atoms with Crippen LogP contribution in [0.15, 0.2) is 150 Å². The van der Waals surface area contributed by atoms with Crippen LogP contribution in [0.3, 0.4) is 0 Å². The molecule has 9 aromatic rings. The average Bonchev–Trinajstić information content (AvgIpc) is 3.82. The maximum Gasteiger partial charge on any atom is 0.227 e. The van der Waals surface area contributed by atoms with Gasteiger partial charge in [-0.2, -0.15) is 0 Å². The van der Waals surface area contributed by atoms with Crippen molar-refractivity contribution in [2.45, 2.75) is 12.8 Å². The predicted octanol–water partition coefficient (Wildman–Crippen LogP) is 11.2. The molecule has 0 saturated heterocycles. The number of benzene rings is 6. The third kappa shape index (κ3) is 4.05. The standard InChI is InChI=1S/C43H29N3O/c1-6-16-38-33(11-1)34-12-2-7-17-39(34)45(38)31-25-30(28-21-23-29(24-22-28)43-44-37-15-5-10-20-42(37)47-43)26-32(27-31)46-40-18-8-3-13-35(40)36-14-4-9-19-41(36)46/h1-8,10-18,20-27H,9,19H2. The number of fused-ring (bicyclic) bond motifs is 7. The van der Waals surface area contributed by atoms with Gasteiger partial charge in [0, 0.05) is 44.4 Å². The Morgan fingerprint density at radius 2 is 1.13 bits per heavy atom. The molecule has 3 aromatic heterocycles. The van der Waals surface area contributed by atoms with E-state index in [0.29, 0.717) is 5.89 Å². The Balaban J connectivity index is 1.22. The van der Waals surface area contributed by atoms with Crippen molar-refractivity contribution in [2.75, 3.05) is 0 Å². The summed E-state index contributed by atoms with van der Waals surface area (Å²) in [6.07, 6.45) is 6.66. The Kier molecular flexibility index (Phi) is 5.67. The topological polar surface area (TPSA) is 35.9 Å². The first-order chi connectivity index (χ1) is 23.3. The van der Waals surface area contributed by atoms with Gasteiger partial charge in [-0.1, -0.05) is 91.0 Å². The van der Waals surface area contributed by atoms with Crippen molar-refractivity contribution in [1.29, 1.82) is 0 Å². The molecule has 1 aliphatic carbocycles. The first-order valence-electron chi connectivity index (χ1n) is 16.2. The van der Waals surface area contributed by atoms with Crippen LogP contribution in [-0.2, 0) is 6.42 Å². The van der Waals surface area contributed by atoms with Gasteiger partial charge in [-0.25, -0.2) is 4.98 Å². The van der Waals surface area contributed by atoms with E-state index in [2.05, 4.69) is 137 Å². The fraction of sp³-hybridized carbons (Fsp3) is 0.0465. The molecule has 1 aliphatic rings. The largest absolute Gasteiger partial charge is 0.436 e. The molecule has 0 atom stereocenters. The van der Waals surface area contributed by atoms with E-state index in [-0.39, 0.29) is 0 Å². The number of hydrogen-bond donors (Lipinski definition) is 0. The smallest absolute Gasteiger partial charge is 0.227 e. The van der Waals surface area contributed by atoms with Crippen molar-refractivity contribution in [3.05, 3.63) is 157 Å². The second kappa shape index (κ2) is 10.2. The van der Waals surface area contributed by atoms with Crippen molar-refractivity contribution in [2.24, 2.45) is 0 Å². The molecule has 4 nitrogen and oxygen atoms in total. The van der Waals surface area contributed by atoms with Gasteiger partial charge in [-0.15, -0.1) is 0 Å². The molecule has 3 heterocycles. The second-order valence-electron chi connectivity index (χ2n) is 12.3. The minimum atomic E-state index is 0.635. The molecular weight excluding hydrogens is 574 g/mol. The van der Waals surface area contributed by atoms with E-state index in [1.807, 2.05) is 24.3 Å². The zero-order valence-electron chi connectivity index (χ0n) is 25.6. The lowest BCUT2D eigenvalue weighted by molar-refractivity contribution is 0.620. The van der Waals surface area contributed by atoms with Crippen LogP contribution in [0.2, 0.25) is 0 Å². The van der Waals surface area contributed by atoms with Crippen LogP contribution in [0.1, 0.15) is 17.7 Å². The zero-order chi connectivity index (χ0) is 30.9. The Morgan fingerprint density at radius 3 is 1.85 bits per heavy atom. The summed E-state index contributed by atoms with van der Waals surface area (Å²) in [4.78, 5) is 4.73. The summed E-state index contributed by atoms with van der Waals surface area (Å²) in [6, 6.07) is 49.8. The zero-order valence-corrected chi connectivity index (χ0v) is 25.6. The molecule has 0 saturated carbocycles. The Morgan fingerprint density at radius 1 is 0.532 bits per heavy atom. The van der Waals surface area contributed by atoms with Gasteiger partial charge in [0.15, 0.2) is 5.58 Å². The van der Waals surface area contributed by atoms with Crippen molar-refractivity contribution in [3.63, 3.8) is 0 Å². The lowest BCUT2D eigenvalue weighted by Crippen LogP contribution is -2.05. The summed E-state index contributed by atoms with van der Waals surface area (Å²) in [5, 5.41) is 3.81. The van der Waals surface area contributed by atoms with Crippen molar-refractivity contribution < 1.29 is 4.42 Å². The van der Waals surface area contributed by atoms with Gasteiger partial charge in [0.2, 0.25) is 5.89 Å². The van der Waals surface area contributed by atoms with Crippen LogP contribution in [0.5, 0.6) is 0 Å². The number of nitrogens with zero attached hydrogens (tertiary/aromatic N) is 3. The summed E-state index contributed by atoms with van der Waals surface area (Å²) in [7, 11) is 0. The highest BCUT2D eigenvalue weighted by molar-refractivity contribution is 6.09. The molecule has 10 rings (SSSR count). The number of para-hydroxylation sites is 5. The highest BCUT2D eigenvalue weighted by atomic mass is 16.3. The predicted molar refractivity (Wildman–Crippen MR) is 193 cm³/mol. The van der Waals surface area contributed by atoms with E-state index < -0.39 is 0 Å². The van der Waals surface area contributed by atoms with E-state index in [4.69, 9.17) is 9.40 Å². The summed E-state index contributed by atoms with van der Waals surface area (Å²) >= 11 is 0.